The summed E-state index contributed by atoms with van der Waals surface area (Å²) in [5, 5.41) is 8.65. The SMILES string of the molecule is OCCCCCOc1ccc2c(c1)CCC2. The van der Waals surface area contributed by atoms with Gasteiger partial charge in [0.05, 0.1) is 6.61 Å². The van der Waals surface area contributed by atoms with Crippen LogP contribution in [0.1, 0.15) is 36.8 Å². The van der Waals surface area contributed by atoms with Gasteiger partial charge < -0.3 is 9.84 Å². The van der Waals surface area contributed by atoms with Gasteiger partial charge in [-0.05, 0) is 61.8 Å². The van der Waals surface area contributed by atoms with Gasteiger partial charge in [-0.2, -0.15) is 0 Å². The normalized spacial score (nSPS) is 13.8. The molecule has 0 bridgehead atoms. The Bertz CT molecular complexity index is 334. The van der Waals surface area contributed by atoms with Crippen molar-refractivity contribution < 1.29 is 9.84 Å². The average Bonchev–Trinajstić information content (AvgIpc) is 2.76. The number of hydrogen-bond donors (Lipinski definition) is 1. The van der Waals surface area contributed by atoms with Crippen LogP contribution in [0.15, 0.2) is 18.2 Å². The minimum absolute atomic E-state index is 0.291. The van der Waals surface area contributed by atoms with Gasteiger partial charge in [0.15, 0.2) is 0 Å². The second-order valence-electron chi connectivity index (χ2n) is 4.42. The largest absolute Gasteiger partial charge is 0.494 e. The molecular formula is C14H20O2. The maximum atomic E-state index is 8.65. The summed E-state index contributed by atoms with van der Waals surface area (Å²) in [7, 11) is 0. The highest BCUT2D eigenvalue weighted by Gasteiger charge is 2.10. The van der Waals surface area contributed by atoms with Crippen molar-refractivity contribution in [3.05, 3.63) is 29.3 Å². The number of ether oxygens (including phenoxy) is 1. The van der Waals surface area contributed by atoms with E-state index in [4.69, 9.17) is 9.84 Å². The molecule has 0 fully saturated rings. The van der Waals surface area contributed by atoms with Crippen LogP contribution in [0.3, 0.4) is 0 Å². The van der Waals surface area contributed by atoms with Crippen molar-refractivity contribution in [3.63, 3.8) is 0 Å². The lowest BCUT2D eigenvalue weighted by molar-refractivity contribution is 0.266. The molecule has 2 heteroatoms. The predicted octanol–water partition coefficient (Wildman–Crippen LogP) is 2.72. The second kappa shape index (κ2) is 5.90. The van der Waals surface area contributed by atoms with Gasteiger partial charge in [0.2, 0.25) is 0 Å². The third-order valence-electron chi connectivity index (χ3n) is 3.14. The van der Waals surface area contributed by atoms with E-state index >= 15 is 0 Å². The van der Waals surface area contributed by atoms with E-state index in [9.17, 15) is 0 Å². The summed E-state index contributed by atoms with van der Waals surface area (Å²) in [6, 6.07) is 6.47. The lowest BCUT2D eigenvalue weighted by Gasteiger charge is -2.07. The molecule has 0 heterocycles. The zero-order valence-electron chi connectivity index (χ0n) is 9.74. The van der Waals surface area contributed by atoms with Crippen LogP contribution in [0.4, 0.5) is 0 Å². The van der Waals surface area contributed by atoms with Crippen LogP contribution in [0.25, 0.3) is 0 Å². The molecule has 0 saturated heterocycles. The number of hydrogen-bond acceptors (Lipinski definition) is 2. The van der Waals surface area contributed by atoms with Crippen molar-refractivity contribution in [1.82, 2.24) is 0 Å². The van der Waals surface area contributed by atoms with Crippen molar-refractivity contribution in [2.45, 2.75) is 38.5 Å². The Morgan fingerprint density at radius 3 is 2.81 bits per heavy atom. The van der Waals surface area contributed by atoms with Crippen LogP contribution in [0, 0.1) is 0 Å². The number of fused-ring (bicyclic) bond motifs is 1. The smallest absolute Gasteiger partial charge is 0.119 e. The highest BCUT2D eigenvalue weighted by Crippen LogP contribution is 2.26. The molecule has 0 aromatic heterocycles. The van der Waals surface area contributed by atoms with Crippen LogP contribution in [-0.4, -0.2) is 18.3 Å². The number of unbranched alkanes of at least 4 members (excludes halogenated alkanes) is 2. The van der Waals surface area contributed by atoms with Gasteiger partial charge >= 0.3 is 0 Å². The summed E-state index contributed by atoms with van der Waals surface area (Å²) >= 11 is 0. The summed E-state index contributed by atoms with van der Waals surface area (Å²) in [6.07, 6.45) is 6.67. The number of benzene rings is 1. The monoisotopic (exact) mass is 220 g/mol. The molecule has 2 rings (SSSR count). The van der Waals surface area contributed by atoms with Gasteiger partial charge in [0.25, 0.3) is 0 Å². The molecule has 0 spiro atoms. The molecule has 1 aliphatic rings. The zero-order chi connectivity index (χ0) is 11.2. The molecule has 1 aromatic carbocycles. The summed E-state index contributed by atoms with van der Waals surface area (Å²) < 4.78 is 5.70. The van der Waals surface area contributed by atoms with E-state index in [0.717, 1.165) is 31.6 Å². The molecule has 0 atom stereocenters. The van der Waals surface area contributed by atoms with E-state index in [2.05, 4.69) is 18.2 Å². The van der Waals surface area contributed by atoms with Gasteiger partial charge in [-0.25, -0.2) is 0 Å². The molecule has 0 amide bonds. The van der Waals surface area contributed by atoms with Crippen LogP contribution in [0.5, 0.6) is 5.75 Å². The van der Waals surface area contributed by atoms with Gasteiger partial charge in [-0.15, -0.1) is 0 Å². The molecule has 0 aliphatic heterocycles. The zero-order valence-corrected chi connectivity index (χ0v) is 9.74. The molecule has 1 N–H and O–H groups in total. The van der Waals surface area contributed by atoms with Gasteiger partial charge in [-0.3, -0.25) is 0 Å². The van der Waals surface area contributed by atoms with Gasteiger partial charge in [0, 0.05) is 6.61 Å². The summed E-state index contributed by atoms with van der Waals surface area (Å²) in [5.74, 6) is 1.00. The topological polar surface area (TPSA) is 29.5 Å². The van der Waals surface area contributed by atoms with E-state index < -0.39 is 0 Å². The molecule has 88 valence electrons. The predicted molar refractivity (Wildman–Crippen MR) is 64.9 cm³/mol. The first kappa shape index (κ1) is 11.5. The van der Waals surface area contributed by atoms with Crippen LogP contribution in [0.2, 0.25) is 0 Å². The Balaban J connectivity index is 1.77. The molecular weight excluding hydrogens is 200 g/mol. The molecule has 0 radical (unpaired) electrons. The molecule has 16 heavy (non-hydrogen) atoms. The lowest BCUT2D eigenvalue weighted by atomic mass is 10.1. The Morgan fingerprint density at radius 1 is 1.06 bits per heavy atom. The van der Waals surface area contributed by atoms with Gasteiger partial charge in [-0.1, -0.05) is 6.07 Å². The van der Waals surface area contributed by atoms with Crippen molar-refractivity contribution in [1.29, 1.82) is 0 Å². The van der Waals surface area contributed by atoms with Crippen LogP contribution < -0.4 is 4.74 Å². The Hall–Kier alpha value is -1.02. The Kier molecular flexibility index (Phi) is 4.23. The van der Waals surface area contributed by atoms with Crippen molar-refractivity contribution in [2.24, 2.45) is 0 Å². The quantitative estimate of drug-likeness (QED) is 0.747. The molecule has 1 aliphatic carbocycles. The lowest BCUT2D eigenvalue weighted by Crippen LogP contribution is -1.98. The third kappa shape index (κ3) is 2.99. The fourth-order valence-corrected chi connectivity index (χ4v) is 2.22. The van der Waals surface area contributed by atoms with E-state index in [1.807, 2.05) is 0 Å². The van der Waals surface area contributed by atoms with E-state index in [0.29, 0.717) is 6.61 Å². The number of aliphatic hydroxyl groups is 1. The molecule has 2 nitrogen and oxygen atoms in total. The van der Waals surface area contributed by atoms with Crippen molar-refractivity contribution in [2.75, 3.05) is 13.2 Å². The maximum absolute atomic E-state index is 8.65. The summed E-state index contributed by atoms with van der Waals surface area (Å²) in [5.41, 5.74) is 2.96. The standard InChI is InChI=1S/C14H20O2/c15-9-2-1-3-10-16-14-8-7-12-5-4-6-13(12)11-14/h7-8,11,15H,1-6,9-10H2. The minimum Gasteiger partial charge on any atom is -0.494 e. The maximum Gasteiger partial charge on any atom is 0.119 e. The van der Waals surface area contributed by atoms with Gasteiger partial charge in [0.1, 0.15) is 5.75 Å². The third-order valence-corrected chi connectivity index (χ3v) is 3.14. The number of aliphatic hydroxyl groups excluding tert-OH is 1. The summed E-state index contributed by atoms with van der Waals surface area (Å²) in [4.78, 5) is 0. The molecule has 1 aromatic rings. The fraction of sp³-hybridized carbons (Fsp3) is 0.571. The highest BCUT2D eigenvalue weighted by atomic mass is 16.5. The van der Waals surface area contributed by atoms with Crippen molar-refractivity contribution in [3.8, 4) is 5.75 Å². The average molecular weight is 220 g/mol. The van der Waals surface area contributed by atoms with E-state index in [1.165, 1.54) is 30.4 Å². The van der Waals surface area contributed by atoms with Crippen LogP contribution in [-0.2, 0) is 12.8 Å². The number of aryl methyl sites for hydroxylation is 2. The Labute approximate surface area is 97.3 Å². The first-order valence-corrected chi connectivity index (χ1v) is 6.25. The highest BCUT2D eigenvalue weighted by molar-refractivity contribution is 5.38. The van der Waals surface area contributed by atoms with Crippen LogP contribution >= 0.6 is 0 Å². The van der Waals surface area contributed by atoms with E-state index in [-0.39, 0.29) is 0 Å². The minimum atomic E-state index is 0.291. The first-order chi connectivity index (χ1) is 7.90. The van der Waals surface area contributed by atoms with E-state index in [1.54, 1.807) is 0 Å². The summed E-state index contributed by atoms with van der Waals surface area (Å²) in [6.45, 7) is 1.05. The van der Waals surface area contributed by atoms with Crippen molar-refractivity contribution >= 4 is 0 Å². The number of rotatable bonds is 6. The molecule has 0 unspecified atom stereocenters. The molecule has 0 saturated carbocycles. The second-order valence-corrected chi connectivity index (χ2v) is 4.42. The fourth-order valence-electron chi connectivity index (χ4n) is 2.22. The first-order valence-electron chi connectivity index (χ1n) is 6.25. The Morgan fingerprint density at radius 2 is 1.94 bits per heavy atom.